The lowest BCUT2D eigenvalue weighted by molar-refractivity contribution is -0.148. The van der Waals surface area contributed by atoms with Crippen LogP contribution in [-0.4, -0.2) is 21.6 Å². The minimum atomic E-state index is -4.51. The van der Waals surface area contributed by atoms with Crippen LogP contribution < -0.4 is 0 Å². The van der Waals surface area contributed by atoms with Gasteiger partial charge < -0.3 is 10.0 Å². The largest absolute Gasteiger partial charge is 0.416 e. The van der Waals surface area contributed by atoms with Crippen molar-refractivity contribution in [2.75, 3.05) is 0 Å². The number of benzene rings is 1. The second-order valence-electron chi connectivity index (χ2n) is 6.80. The molecule has 0 aromatic heterocycles. The molecule has 6 heteroatoms. The van der Waals surface area contributed by atoms with Crippen LogP contribution in [0.5, 0.6) is 0 Å². The Morgan fingerprint density at radius 1 is 1.27 bits per heavy atom. The van der Waals surface area contributed by atoms with Gasteiger partial charge >= 0.3 is 6.18 Å². The monoisotopic (exact) mass is 365 g/mol. The van der Waals surface area contributed by atoms with Crippen LogP contribution in [0.3, 0.4) is 0 Å². The molecule has 3 nitrogen and oxygen atoms in total. The molecule has 0 saturated heterocycles. The van der Waals surface area contributed by atoms with Gasteiger partial charge in [-0.25, -0.2) is 0 Å². The predicted octanol–water partition coefficient (Wildman–Crippen LogP) is 4.57. The third-order valence-corrected chi connectivity index (χ3v) is 5.11. The van der Waals surface area contributed by atoms with Gasteiger partial charge in [-0.3, -0.25) is 4.79 Å². The fraction of sp³-hybridized carbons (Fsp3) is 0.450. The molecule has 0 saturated carbocycles. The van der Waals surface area contributed by atoms with Gasteiger partial charge in [0.1, 0.15) is 0 Å². The third kappa shape index (κ3) is 3.18. The number of unbranched alkanes of at least 4 members (excludes halogenated alkanes) is 1. The molecule has 1 aliphatic carbocycles. The van der Waals surface area contributed by atoms with Crippen molar-refractivity contribution in [2.45, 2.75) is 57.5 Å². The number of allylic oxidation sites excluding steroid dienone is 1. The quantitative estimate of drug-likeness (QED) is 0.830. The van der Waals surface area contributed by atoms with E-state index >= 15 is 0 Å². The zero-order valence-electron chi connectivity index (χ0n) is 14.6. The van der Waals surface area contributed by atoms with E-state index in [4.69, 9.17) is 0 Å². The van der Waals surface area contributed by atoms with E-state index in [0.29, 0.717) is 36.8 Å². The standard InChI is InChI=1S/C20H22F3NO2/c1-2-3-12-19(26)17-11-7-5-9-15(17)18(25)24(19)13-14-8-4-6-10-16(14)20(21,22)23/h4-6,8-10,26H,2-3,7,11-13H2,1H3. The smallest absolute Gasteiger partial charge is 0.367 e. The summed E-state index contributed by atoms with van der Waals surface area (Å²) in [7, 11) is 0. The van der Waals surface area contributed by atoms with Gasteiger partial charge in [-0.2, -0.15) is 13.2 Å². The number of hydrogen-bond donors (Lipinski definition) is 1. The van der Waals surface area contributed by atoms with Gasteiger partial charge in [0.25, 0.3) is 5.91 Å². The molecule has 0 spiro atoms. The lowest BCUT2D eigenvalue weighted by atomic mass is 9.89. The second kappa shape index (κ2) is 6.91. The average Bonchev–Trinajstić information content (AvgIpc) is 2.82. The highest BCUT2D eigenvalue weighted by Crippen LogP contribution is 2.44. The normalized spacial score (nSPS) is 23.0. The number of hydrogen-bond acceptors (Lipinski definition) is 2. The first kappa shape index (κ1) is 18.7. The molecule has 1 N–H and O–H groups in total. The number of halogens is 3. The Hall–Kier alpha value is -2.08. The van der Waals surface area contributed by atoms with E-state index in [1.165, 1.54) is 23.1 Å². The van der Waals surface area contributed by atoms with E-state index in [0.717, 1.165) is 12.5 Å². The van der Waals surface area contributed by atoms with Crippen LogP contribution in [0.2, 0.25) is 0 Å². The Bertz CT molecular complexity index is 767. The van der Waals surface area contributed by atoms with Crippen molar-refractivity contribution >= 4 is 5.91 Å². The summed E-state index contributed by atoms with van der Waals surface area (Å²) in [5.41, 5.74) is -1.22. The number of nitrogens with zero attached hydrogens (tertiary/aromatic N) is 1. The van der Waals surface area contributed by atoms with Crippen molar-refractivity contribution in [1.29, 1.82) is 0 Å². The van der Waals surface area contributed by atoms with Crippen molar-refractivity contribution in [1.82, 2.24) is 4.90 Å². The van der Waals surface area contributed by atoms with Crippen LogP contribution in [0, 0.1) is 0 Å². The van der Waals surface area contributed by atoms with Crippen molar-refractivity contribution in [3.8, 4) is 0 Å². The van der Waals surface area contributed by atoms with Gasteiger partial charge in [0.2, 0.25) is 0 Å². The number of carbonyl (C=O) groups excluding carboxylic acids is 1. The van der Waals surface area contributed by atoms with Crippen LogP contribution in [0.15, 0.2) is 47.6 Å². The summed E-state index contributed by atoms with van der Waals surface area (Å²) in [5, 5.41) is 11.3. The third-order valence-electron chi connectivity index (χ3n) is 5.11. The minimum Gasteiger partial charge on any atom is -0.367 e. The van der Waals surface area contributed by atoms with Crippen LogP contribution in [-0.2, 0) is 17.5 Å². The number of rotatable bonds is 5. The molecule has 0 fully saturated rings. The molecule has 1 heterocycles. The molecular formula is C20H22F3NO2. The zero-order chi connectivity index (χ0) is 18.9. The van der Waals surface area contributed by atoms with E-state index in [-0.39, 0.29) is 12.1 Å². The SMILES string of the molecule is CCCCC1(O)C2=C(C=CCC2)C(=O)N1Cc1ccccc1C(F)(F)F. The minimum absolute atomic E-state index is 0.00731. The highest BCUT2D eigenvalue weighted by atomic mass is 19.4. The summed E-state index contributed by atoms with van der Waals surface area (Å²) in [6.07, 6.45) is 2.15. The first-order chi connectivity index (χ1) is 12.3. The Morgan fingerprint density at radius 2 is 2.00 bits per heavy atom. The zero-order valence-corrected chi connectivity index (χ0v) is 14.6. The summed E-state index contributed by atoms with van der Waals surface area (Å²) in [5.74, 6) is -0.397. The summed E-state index contributed by atoms with van der Waals surface area (Å²) < 4.78 is 40.0. The van der Waals surface area contributed by atoms with Crippen molar-refractivity contribution in [3.63, 3.8) is 0 Å². The van der Waals surface area contributed by atoms with Gasteiger partial charge in [0.05, 0.1) is 5.56 Å². The average molecular weight is 365 g/mol. The van der Waals surface area contributed by atoms with Gasteiger partial charge in [0.15, 0.2) is 5.72 Å². The predicted molar refractivity (Wildman–Crippen MR) is 91.9 cm³/mol. The van der Waals surface area contributed by atoms with E-state index < -0.39 is 23.4 Å². The Balaban J connectivity index is 1.99. The molecule has 1 aliphatic heterocycles. The van der Waals surface area contributed by atoms with Gasteiger partial charge in [0, 0.05) is 12.1 Å². The molecule has 2 aliphatic rings. The van der Waals surface area contributed by atoms with Crippen molar-refractivity contribution in [3.05, 3.63) is 58.7 Å². The molecule has 3 rings (SSSR count). The molecule has 1 unspecified atom stereocenters. The summed E-state index contributed by atoms with van der Waals surface area (Å²) in [6.45, 7) is 1.70. The van der Waals surface area contributed by atoms with Crippen LogP contribution in [0.25, 0.3) is 0 Å². The van der Waals surface area contributed by atoms with Gasteiger partial charge in [-0.15, -0.1) is 0 Å². The summed E-state index contributed by atoms with van der Waals surface area (Å²) in [6, 6.07) is 5.22. The van der Waals surface area contributed by atoms with Crippen LogP contribution >= 0.6 is 0 Å². The lowest BCUT2D eigenvalue weighted by Crippen LogP contribution is -2.48. The molecule has 1 aromatic rings. The topological polar surface area (TPSA) is 40.5 Å². The molecule has 1 amide bonds. The summed E-state index contributed by atoms with van der Waals surface area (Å²) >= 11 is 0. The van der Waals surface area contributed by atoms with Crippen LogP contribution in [0.4, 0.5) is 13.2 Å². The molecule has 1 aromatic carbocycles. The maximum absolute atomic E-state index is 13.3. The number of carbonyl (C=O) groups is 1. The van der Waals surface area contributed by atoms with Crippen molar-refractivity contribution < 1.29 is 23.1 Å². The van der Waals surface area contributed by atoms with E-state index in [1.54, 1.807) is 6.08 Å². The Labute approximate surface area is 150 Å². The first-order valence-corrected chi connectivity index (χ1v) is 8.88. The van der Waals surface area contributed by atoms with E-state index in [2.05, 4.69) is 0 Å². The maximum Gasteiger partial charge on any atom is 0.416 e. The molecule has 26 heavy (non-hydrogen) atoms. The fourth-order valence-corrected chi connectivity index (χ4v) is 3.77. The van der Waals surface area contributed by atoms with Crippen molar-refractivity contribution in [2.24, 2.45) is 0 Å². The van der Waals surface area contributed by atoms with Gasteiger partial charge in [-0.05, 0) is 42.9 Å². The highest BCUT2D eigenvalue weighted by Gasteiger charge is 2.49. The number of aliphatic hydroxyl groups is 1. The molecule has 140 valence electrons. The second-order valence-corrected chi connectivity index (χ2v) is 6.80. The van der Waals surface area contributed by atoms with E-state index in [9.17, 15) is 23.1 Å². The maximum atomic E-state index is 13.3. The van der Waals surface area contributed by atoms with Crippen LogP contribution in [0.1, 0.15) is 50.2 Å². The first-order valence-electron chi connectivity index (χ1n) is 8.88. The molecule has 1 atom stereocenters. The van der Waals surface area contributed by atoms with E-state index in [1.807, 2.05) is 13.0 Å². The van der Waals surface area contributed by atoms with Gasteiger partial charge in [-0.1, -0.05) is 43.7 Å². The molecular weight excluding hydrogens is 343 g/mol. The molecule has 0 bridgehead atoms. The Morgan fingerprint density at radius 3 is 2.69 bits per heavy atom. The highest BCUT2D eigenvalue weighted by molar-refractivity contribution is 6.01. The Kier molecular flexibility index (Phi) is 4.97. The number of alkyl halides is 3. The number of amides is 1. The summed E-state index contributed by atoms with van der Waals surface area (Å²) in [4.78, 5) is 14.1. The fourth-order valence-electron chi connectivity index (χ4n) is 3.77. The lowest BCUT2D eigenvalue weighted by Gasteiger charge is -2.37. The molecule has 0 radical (unpaired) electrons.